The second kappa shape index (κ2) is 7.92. The molecule has 12 aliphatic carbocycles. The molecule has 12 saturated carbocycles. The van der Waals surface area contributed by atoms with Crippen LogP contribution in [0.3, 0.4) is 0 Å². The van der Waals surface area contributed by atoms with Crippen LogP contribution in [-0.2, 0) is 38.1 Å². The molecular weight excluding hydrogens is 1010 g/mol. The molecule has 0 spiro atoms. The number of esters is 4. The maximum atomic E-state index is 14.2. The van der Waals surface area contributed by atoms with Gasteiger partial charge < -0.3 is 18.9 Å². The highest BCUT2D eigenvalue weighted by Crippen LogP contribution is 3.11. The molecule has 0 aromatic rings. The van der Waals surface area contributed by atoms with Crippen LogP contribution >= 0.6 is 63.7 Å². The summed E-state index contributed by atoms with van der Waals surface area (Å²) < 4.78 is 184. The molecule has 20 atom stereocenters. The SMILES string of the molecule is O=C(O[C@]12[C@H]3[C@@H]4[C@@H]5[C@@H]6[C@]7(OC(=O)C(F)(F)F)[C@H]4[C@@]4(Br)[C@@H]8[C@H]9[C@H]%10[C@H]([C@]1(Br)[C@H]9[C@@]34OC(=O)C(F)(F)F)[C@](Br)([C@@H]52)[C@@]6(OC(=O)C(F)(F)F)[C@@H]%10[C@@]87Br)C(F)(F)F. The zero-order chi connectivity index (χ0) is 38.1. The summed E-state index contributed by atoms with van der Waals surface area (Å²) in [4.78, 5) is 51.9. The summed E-state index contributed by atoms with van der Waals surface area (Å²) in [6.07, 6.45) is -22.9. The molecule has 0 radical (unpaired) electrons. The lowest BCUT2D eigenvalue weighted by atomic mass is 9.71. The van der Waals surface area contributed by atoms with Gasteiger partial charge in [-0.25, -0.2) is 19.2 Å². The molecule has 0 saturated heterocycles. The second-order valence-corrected chi connectivity index (χ2v) is 21.2. The molecule has 12 rings (SSSR count). The number of ether oxygens (including phenoxy) is 4. The molecule has 52 heavy (non-hydrogen) atoms. The van der Waals surface area contributed by atoms with Gasteiger partial charge in [0.05, 0.1) is 17.3 Å². The van der Waals surface area contributed by atoms with Gasteiger partial charge in [-0.3, -0.25) is 0 Å². The van der Waals surface area contributed by atoms with Crippen molar-refractivity contribution in [3.05, 3.63) is 0 Å². The molecule has 0 aromatic heterocycles. The molecule has 12 aliphatic rings. The molecule has 8 nitrogen and oxygen atoms in total. The summed E-state index contributed by atoms with van der Waals surface area (Å²) in [6, 6.07) is 0. The molecule has 12 fully saturated rings. The normalized spacial score (nSPS) is 61.2. The van der Waals surface area contributed by atoms with E-state index in [4.69, 9.17) is 18.9 Å². The van der Waals surface area contributed by atoms with Gasteiger partial charge in [-0.05, 0) is 23.7 Å². The maximum absolute atomic E-state index is 14.2. The van der Waals surface area contributed by atoms with Gasteiger partial charge in [-0.1, -0.05) is 63.7 Å². The Balaban J connectivity index is 1.28. The number of halogens is 16. The Morgan fingerprint density at radius 3 is 0.692 bits per heavy atom. The first-order valence-corrected chi connectivity index (χ1v) is 18.6. The van der Waals surface area contributed by atoms with E-state index in [-0.39, 0.29) is 0 Å². The smallest absolute Gasteiger partial charge is 0.450 e. The number of hydrogen-bond donors (Lipinski definition) is 0. The van der Waals surface area contributed by atoms with E-state index >= 15 is 0 Å². The molecule has 0 aliphatic heterocycles. The second-order valence-electron chi connectivity index (χ2n) is 15.9. The fourth-order valence-corrected chi connectivity index (χ4v) is 24.8. The highest BCUT2D eigenvalue weighted by Gasteiger charge is 3.21. The van der Waals surface area contributed by atoms with E-state index in [9.17, 15) is 71.9 Å². The van der Waals surface area contributed by atoms with Crippen LogP contribution in [0.5, 0.6) is 0 Å². The largest absolute Gasteiger partial charge is 0.490 e. The van der Waals surface area contributed by atoms with E-state index < -0.39 is 159 Å². The third kappa shape index (κ3) is 2.44. The molecule has 0 unspecified atom stereocenters. The summed E-state index contributed by atoms with van der Waals surface area (Å²) in [7, 11) is 0. The van der Waals surface area contributed by atoms with E-state index in [0.29, 0.717) is 0 Å². The van der Waals surface area contributed by atoms with Gasteiger partial charge in [0.1, 0.15) is 22.4 Å². The number of hydrogen-bond acceptors (Lipinski definition) is 8. The zero-order valence-corrected chi connectivity index (χ0v) is 30.6. The Kier molecular flexibility index (Phi) is 5.21. The highest BCUT2D eigenvalue weighted by molar-refractivity contribution is 9.11. The molecule has 0 N–H and O–H groups in total. The third-order valence-electron chi connectivity index (χ3n) is 15.7. The van der Waals surface area contributed by atoms with Crippen molar-refractivity contribution in [3.63, 3.8) is 0 Å². The summed E-state index contributed by atoms with van der Waals surface area (Å²) in [6.45, 7) is 0. The minimum atomic E-state index is -5.75. The van der Waals surface area contributed by atoms with E-state index in [1.54, 1.807) is 0 Å². The summed E-state index contributed by atoms with van der Waals surface area (Å²) >= 11 is 14.1. The molecule has 284 valence electrons. The third-order valence-corrected chi connectivity index (χ3v) is 22.1. The summed E-state index contributed by atoms with van der Waals surface area (Å²) in [5.74, 6) is -29.6. The fraction of sp³-hybridized carbons (Fsp3) is 0.857. The van der Waals surface area contributed by atoms with E-state index in [1.807, 2.05) is 0 Å². The van der Waals surface area contributed by atoms with Crippen LogP contribution in [-0.4, -0.2) is 88.3 Å². The minimum absolute atomic E-state index is 1.21. The Morgan fingerprint density at radius 2 is 0.519 bits per heavy atom. The van der Waals surface area contributed by atoms with Gasteiger partial charge in [0.15, 0.2) is 0 Å². The maximum Gasteiger partial charge on any atom is 0.490 e. The molecule has 0 bridgehead atoms. The number of rotatable bonds is 4. The van der Waals surface area contributed by atoms with Gasteiger partial charge in [0, 0.05) is 47.3 Å². The predicted molar refractivity (Wildman–Crippen MR) is 148 cm³/mol. The van der Waals surface area contributed by atoms with Gasteiger partial charge in [-0.15, -0.1) is 0 Å². The lowest BCUT2D eigenvalue weighted by Gasteiger charge is -2.49. The van der Waals surface area contributed by atoms with Crippen molar-refractivity contribution in [1.82, 2.24) is 0 Å². The van der Waals surface area contributed by atoms with Crippen molar-refractivity contribution in [3.8, 4) is 0 Å². The molecule has 0 amide bonds. The minimum Gasteiger partial charge on any atom is -0.450 e. The Bertz CT molecular complexity index is 1820. The van der Waals surface area contributed by atoms with Gasteiger partial charge in [0.2, 0.25) is 0 Å². The van der Waals surface area contributed by atoms with Crippen molar-refractivity contribution in [2.45, 2.75) is 64.4 Å². The van der Waals surface area contributed by atoms with Crippen LogP contribution in [0.1, 0.15) is 0 Å². The number of carbonyl (C=O) groups is 4. The average Bonchev–Trinajstić information content (AvgIpc) is 3.81. The van der Waals surface area contributed by atoms with E-state index in [0.717, 1.165) is 0 Å². The Hall–Kier alpha value is -1.04. The highest BCUT2D eigenvalue weighted by atomic mass is 79.9. The molecule has 0 aromatic carbocycles. The van der Waals surface area contributed by atoms with Gasteiger partial charge in [-0.2, -0.15) is 52.7 Å². The number of alkyl halides is 16. The monoisotopic (exact) mass is 1020 g/mol. The van der Waals surface area contributed by atoms with Crippen molar-refractivity contribution >= 4 is 87.6 Å². The van der Waals surface area contributed by atoms with Crippen LogP contribution in [0.2, 0.25) is 0 Å². The van der Waals surface area contributed by atoms with Gasteiger partial charge >= 0.3 is 48.6 Å². The quantitative estimate of drug-likeness (QED) is 0.159. The van der Waals surface area contributed by atoms with Crippen LogP contribution in [0, 0.1) is 71.0 Å². The predicted octanol–water partition coefficient (Wildman–Crippen LogP) is 5.44. The standard InChI is InChI=1S/C28H12Br4F12O8/c29-17-5-1-2-6-18(30)7(1)21(49-13(45)25(33,34)35)11-3-4-10(24(11,18)52-16(48)28(42,43)44)20(6,32)22(8(2)17,50-14(46)26(36,37)38)12(4)23(17,9(3)19(5,21)31)51-15(47)27(39,40)41/h1-12H/t1-,2+,3-,4+,5-,6-,7+,8+,9-,10-,11+,12+,17+,18+,19+,20+,21-,22-,23-,24-/m1/s1. The van der Waals surface area contributed by atoms with Crippen molar-refractivity contribution in [1.29, 1.82) is 0 Å². The Morgan fingerprint density at radius 1 is 0.346 bits per heavy atom. The van der Waals surface area contributed by atoms with Crippen molar-refractivity contribution in [2.24, 2.45) is 71.0 Å². The van der Waals surface area contributed by atoms with Crippen LogP contribution in [0.4, 0.5) is 52.7 Å². The van der Waals surface area contributed by atoms with Crippen molar-refractivity contribution < 1.29 is 90.8 Å². The van der Waals surface area contributed by atoms with Crippen LogP contribution < -0.4 is 0 Å². The lowest BCUT2D eigenvalue weighted by Crippen LogP contribution is -2.64. The van der Waals surface area contributed by atoms with Crippen molar-refractivity contribution in [2.75, 3.05) is 0 Å². The first-order chi connectivity index (χ1) is 23.5. The first-order valence-electron chi connectivity index (χ1n) is 15.4. The topological polar surface area (TPSA) is 105 Å². The van der Waals surface area contributed by atoms with E-state index in [2.05, 4.69) is 63.7 Å². The lowest BCUT2D eigenvalue weighted by molar-refractivity contribution is -0.236. The van der Waals surface area contributed by atoms with Gasteiger partial charge in [0.25, 0.3) is 0 Å². The summed E-state index contributed by atoms with van der Waals surface area (Å²) in [5, 5.41) is 0. The fourth-order valence-electron chi connectivity index (χ4n) is 16.6. The average molecular weight is 1020 g/mol. The zero-order valence-electron chi connectivity index (χ0n) is 24.2. The molecular formula is C28H12Br4F12O8. The van der Waals surface area contributed by atoms with Crippen LogP contribution in [0.15, 0.2) is 0 Å². The summed E-state index contributed by atoms with van der Waals surface area (Å²) in [5.41, 5.74) is -10.5. The first kappa shape index (κ1) is 34.2. The molecule has 0 heterocycles. The van der Waals surface area contributed by atoms with E-state index in [1.165, 1.54) is 0 Å². The Labute approximate surface area is 312 Å². The number of carbonyl (C=O) groups excluding carboxylic acids is 4. The van der Waals surface area contributed by atoms with Crippen LogP contribution in [0.25, 0.3) is 0 Å². The molecule has 24 heteroatoms.